The van der Waals surface area contributed by atoms with Gasteiger partial charge in [-0.25, -0.2) is 0 Å². The molecule has 0 aliphatic heterocycles. The number of aryl methyl sites for hydroxylation is 2. The molecule has 0 saturated heterocycles. The van der Waals surface area contributed by atoms with E-state index in [-0.39, 0.29) is 0 Å². The van der Waals surface area contributed by atoms with Crippen LogP contribution in [0.5, 0.6) is 0 Å². The lowest BCUT2D eigenvalue weighted by molar-refractivity contribution is 0.657. The van der Waals surface area contributed by atoms with Crippen LogP contribution in [0.3, 0.4) is 0 Å². The van der Waals surface area contributed by atoms with Crippen LogP contribution in [0.15, 0.2) is 0 Å². The van der Waals surface area contributed by atoms with Gasteiger partial charge < -0.3 is 0 Å². The molecular weight excluding hydrogens is 148 g/mol. The summed E-state index contributed by atoms with van der Waals surface area (Å²) in [6.07, 6.45) is 6.54. The summed E-state index contributed by atoms with van der Waals surface area (Å²) in [6.45, 7) is 2.13. The van der Waals surface area contributed by atoms with Crippen molar-refractivity contribution in [1.29, 1.82) is 0 Å². The third kappa shape index (κ3) is 1.15. The van der Waals surface area contributed by atoms with Gasteiger partial charge in [0.25, 0.3) is 0 Å². The van der Waals surface area contributed by atoms with E-state index in [0.717, 1.165) is 0 Å². The van der Waals surface area contributed by atoms with Crippen LogP contribution in [-0.4, -0.2) is 9.78 Å². The Morgan fingerprint density at radius 1 is 1.17 bits per heavy atom. The summed E-state index contributed by atoms with van der Waals surface area (Å²) in [5.74, 6) is 0. The molecule has 1 aromatic rings. The lowest BCUT2D eigenvalue weighted by Crippen LogP contribution is -1.98. The van der Waals surface area contributed by atoms with E-state index in [1.807, 2.05) is 0 Å². The zero-order chi connectivity index (χ0) is 8.55. The molecule has 0 bridgehead atoms. The van der Waals surface area contributed by atoms with Crippen molar-refractivity contribution in [1.82, 2.24) is 9.78 Å². The summed E-state index contributed by atoms with van der Waals surface area (Å²) in [6, 6.07) is 0. The maximum absolute atomic E-state index is 4.45. The van der Waals surface area contributed by atoms with E-state index >= 15 is 0 Å². The Balaban J connectivity index is 2.44. The first-order valence-electron chi connectivity index (χ1n) is 4.80. The highest BCUT2D eigenvalue weighted by molar-refractivity contribution is 5.26. The summed E-state index contributed by atoms with van der Waals surface area (Å²) in [4.78, 5) is 0. The van der Waals surface area contributed by atoms with Crippen LogP contribution in [-0.2, 0) is 19.9 Å². The molecule has 0 N–H and O–H groups in total. The Labute approximate surface area is 73.6 Å². The molecule has 1 aromatic heterocycles. The number of rotatable bonds is 0. The van der Waals surface area contributed by atoms with Gasteiger partial charge in [0.15, 0.2) is 0 Å². The first-order valence-corrected chi connectivity index (χ1v) is 4.80. The first-order chi connectivity index (χ1) is 5.79. The van der Waals surface area contributed by atoms with Gasteiger partial charge in [-0.05, 0) is 38.2 Å². The maximum Gasteiger partial charge on any atom is 0.0628 e. The number of hydrogen-bond donors (Lipinski definition) is 0. The number of fused-ring (bicyclic) bond motifs is 1. The molecule has 1 aliphatic rings. The SMILES string of the molecule is Cc1nn(C)c2c1CCCCC2. The number of hydrogen-bond acceptors (Lipinski definition) is 1. The predicted octanol–water partition coefficient (Wildman–Crippen LogP) is 2.00. The largest absolute Gasteiger partial charge is 0.272 e. The van der Waals surface area contributed by atoms with Crippen LogP contribution >= 0.6 is 0 Å². The summed E-state index contributed by atoms with van der Waals surface area (Å²) in [5, 5.41) is 4.45. The molecule has 0 amide bonds. The summed E-state index contributed by atoms with van der Waals surface area (Å²) < 4.78 is 2.07. The molecule has 0 saturated carbocycles. The second-order valence-electron chi connectivity index (χ2n) is 3.69. The van der Waals surface area contributed by atoms with E-state index in [1.165, 1.54) is 49.1 Å². The molecule has 2 rings (SSSR count). The molecule has 0 atom stereocenters. The average molecular weight is 164 g/mol. The fourth-order valence-electron chi connectivity index (χ4n) is 2.16. The van der Waals surface area contributed by atoms with Crippen LogP contribution < -0.4 is 0 Å². The molecule has 0 aromatic carbocycles. The van der Waals surface area contributed by atoms with Crippen molar-refractivity contribution in [2.75, 3.05) is 0 Å². The molecule has 0 spiro atoms. The van der Waals surface area contributed by atoms with E-state index < -0.39 is 0 Å². The lowest BCUT2D eigenvalue weighted by Gasteiger charge is -1.99. The van der Waals surface area contributed by atoms with Crippen molar-refractivity contribution >= 4 is 0 Å². The van der Waals surface area contributed by atoms with Crippen molar-refractivity contribution < 1.29 is 0 Å². The zero-order valence-corrected chi connectivity index (χ0v) is 7.93. The standard InChI is InChI=1S/C10H16N2/c1-8-9-6-4-3-5-7-10(9)12(2)11-8/h3-7H2,1-2H3. The molecule has 0 unspecified atom stereocenters. The Bertz CT molecular complexity index is 260. The molecule has 0 radical (unpaired) electrons. The second-order valence-corrected chi connectivity index (χ2v) is 3.69. The summed E-state index contributed by atoms with van der Waals surface area (Å²) in [7, 11) is 2.07. The van der Waals surface area contributed by atoms with Gasteiger partial charge in [0.2, 0.25) is 0 Å². The van der Waals surface area contributed by atoms with Gasteiger partial charge in [-0.3, -0.25) is 4.68 Å². The van der Waals surface area contributed by atoms with Crippen LogP contribution in [0.25, 0.3) is 0 Å². The fraction of sp³-hybridized carbons (Fsp3) is 0.700. The third-order valence-electron chi connectivity index (χ3n) is 2.82. The van der Waals surface area contributed by atoms with E-state index in [2.05, 4.69) is 23.8 Å². The quantitative estimate of drug-likeness (QED) is 0.536. The number of nitrogens with zero attached hydrogens (tertiary/aromatic N) is 2. The van der Waals surface area contributed by atoms with Gasteiger partial charge in [-0.1, -0.05) is 6.42 Å². The van der Waals surface area contributed by atoms with Crippen LogP contribution in [0, 0.1) is 6.92 Å². The van der Waals surface area contributed by atoms with Crippen molar-refractivity contribution in [2.45, 2.75) is 39.0 Å². The van der Waals surface area contributed by atoms with Crippen LogP contribution in [0.1, 0.15) is 36.2 Å². The van der Waals surface area contributed by atoms with E-state index in [4.69, 9.17) is 0 Å². The smallest absolute Gasteiger partial charge is 0.0628 e. The van der Waals surface area contributed by atoms with Crippen molar-refractivity contribution in [3.05, 3.63) is 17.0 Å². The highest BCUT2D eigenvalue weighted by Gasteiger charge is 2.14. The van der Waals surface area contributed by atoms with Crippen LogP contribution in [0.2, 0.25) is 0 Å². The van der Waals surface area contributed by atoms with Gasteiger partial charge in [-0.15, -0.1) is 0 Å². The minimum absolute atomic E-state index is 1.23. The topological polar surface area (TPSA) is 17.8 Å². The predicted molar refractivity (Wildman–Crippen MR) is 49.2 cm³/mol. The highest BCUT2D eigenvalue weighted by Crippen LogP contribution is 2.22. The molecule has 12 heavy (non-hydrogen) atoms. The molecule has 0 fully saturated rings. The fourth-order valence-corrected chi connectivity index (χ4v) is 2.16. The van der Waals surface area contributed by atoms with Gasteiger partial charge >= 0.3 is 0 Å². The Hall–Kier alpha value is -0.790. The Kier molecular flexibility index (Phi) is 1.91. The lowest BCUT2D eigenvalue weighted by atomic mass is 10.1. The number of aromatic nitrogens is 2. The minimum Gasteiger partial charge on any atom is -0.272 e. The van der Waals surface area contributed by atoms with Gasteiger partial charge in [0.05, 0.1) is 5.69 Å². The van der Waals surface area contributed by atoms with E-state index in [0.29, 0.717) is 0 Å². The third-order valence-corrected chi connectivity index (χ3v) is 2.82. The van der Waals surface area contributed by atoms with E-state index in [1.54, 1.807) is 0 Å². The molecule has 2 heteroatoms. The zero-order valence-electron chi connectivity index (χ0n) is 7.93. The summed E-state index contributed by atoms with van der Waals surface area (Å²) >= 11 is 0. The van der Waals surface area contributed by atoms with E-state index in [9.17, 15) is 0 Å². The molecular formula is C10H16N2. The highest BCUT2D eigenvalue weighted by atomic mass is 15.3. The van der Waals surface area contributed by atoms with Crippen molar-refractivity contribution in [3.63, 3.8) is 0 Å². The van der Waals surface area contributed by atoms with Gasteiger partial charge in [0.1, 0.15) is 0 Å². The monoisotopic (exact) mass is 164 g/mol. The van der Waals surface area contributed by atoms with Crippen LogP contribution in [0.4, 0.5) is 0 Å². The molecule has 66 valence electrons. The Morgan fingerprint density at radius 2 is 1.92 bits per heavy atom. The normalized spacial score (nSPS) is 17.2. The van der Waals surface area contributed by atoms with Crippen molar-refractivity contribution in [2.24, 2.45) is 7.05 Å². The average Bonchev–Trinajstić information content (AvgIpc) is 2.29. The minimum atomic E-state index is 1.23. The second kappa shape index (κ2) is 2.92. The van der Waals surface area contributed by atoms with Gasteiger partial charge in [-0.2, -0.15) is 5.10 Å². The summed E-state index contributed by atoms with van der Waals surface area (Å²) in [5.41, 5.74) is 4.24. The first kappa shape index (κ1) is 7.84. The maximum atomic E-state index is 4.45. The molecule has 1 aliphatic carbocycles. The molecule has 2 nitrogen and oxygen atoms in total. The van der Waals surface area contributed by atoms with Gasteiger partial charge in [0, 0.05) is 12.7 Å². The molecule has 1 heterocycles. The van der Waals surface area contributed by atoms with Crippen molar-refractivity contribution in [3.8, 4) is 0 Å². The Morgan fingerprint density at radius 3 is 2.75 bits per heavy atom.